The molecule has 618 valence electrons. The summed E-state index contributed by atoms with van der Waals surface area (Å²) < 4.78 is 20.6. The second kappa shape index (κ2) is 48.0. The first-order chi connectivity index (χ1) is 58.5. The summed E-state index contributed by atoms with van der Waals surface area (Å²) in [6.07, 6.45) is 22.2. The number of anilines is 1. The summed E-state index contributed by atoms with van der Waals surface area (Å²) in [5, 5.41) is 61.4. The normalized spacial score (nSPS) is 11.4. The van der Waals surface area contributed by atoms with E-state index in [2.05, 4.69) is 383 Å². The van der Waals surface area contributed by atoms with Gasteiger partial charge in [0.2, 0.25) is 0 Å². The number of rotatable bonds is 20. The van der Waals surface area contributed by atoms with Crippen LogP contribution in [0.15, 0.2) is 279 Å². The lowest BCUT2D eigenvalue weighted by atomic mass is 9.91. The zero-order valence-electron chi connectivity index (χ0n) is 69.5. The molecule has 0 bridgehead atoms. The maximum Gasteiger partial charge on any atom is 0.480 e. The van der Waals surface area contributed by atoms with E-state index in [1.54, 1.807) is 12.3 Å². The minimum Gasteiger partial charge on any atom is -0.424 e. The Bertz CT molecular complexity index is 6110. The van der Waals surface area contributed by atoms with Crippen molar-refractivity contribution in [2.45, 2.75) is 85.6 Å². The Hall–Kier alpha value is -10.0. The Morgan fingerprint density at radius 3 is 1.35 bits per heavy atom. The number of halogens is 4. The van der Waals surface area contributed by atoms with Crippen LogP contribution >= 0.6 is 90.4 Å². The molecule has 0 fully saturated rings. The fourth-order valence-corrected chi connectivity index (χ4v) is 15.4. The van der Waals surface area contributed by atoms with Crippen LogP contribution in [0.25, 0.3) is 120 Å². The summed E-state index contributed by atoms with van der Waals surface area (Å²) in [7, 11) is -3.48. The minimum atomic E-state index is -1.37. The van der Waals surface area contributed by atoms with E-state index < -0.39 is 23.3 Å². The molecule has 121 heavy (non-hydrogen) atoms. The molecule has 0 aliphatic rings. The molecule has 0 spiro atoms. The number of aromatic amines is 4. The van der Waals surface area contributed by atoms with Crippen LogP contribution in [-0.4, -0.2) is 107 Å². The highest BCUT2D eigenvalue weighted by atomic mass is 127. The van der Waals surface area contributed by atoms with E-state index in [1.165, 1.54) is 55.6 Å². The number of ether oxygens (including phenoxy) is 2. The Morgan fingerprint density at radius 2 is 0.810 bits per heavy atom. The molecule has 0 atom stereocenters. The molecule has 0 unspecified atom stereocenters. The predicted molar refractivity (Wildman–Crippen MR) is 551 cm³/mol. The van der Waals surface area contributed by atoms with Crippen molar-refractivity contribution in [3.63, 3.8) is 0 Å². The van der Waals surface area contributed by atoms with Crippen LogP contribution in [0.4, 0.5) is 5.69 Å². The number of nitrogen functional groups attached to an aromatic ring is 1. The number of aryl methyl sites for hydroxylation is 1. The van der Waals surface area contributed by atoms with Crippen molar-refractivity contribution in [2.24, 2.45) is 0 Å². The van der Waals surface area contributed by atoms with Gasteiger partial charge in [-0.1, -0.05) is 265 Å². The van der Waals surface area contributed by atoms with Crippen molar-refractivity contribution in [2.75, 3.05) is 18.9 Å². The lowest BCUT2D eigenvalue weighted by Crippen LogP contribution is -2.22. The van der Waals surface area contributed by atoms with Gasteiger partial charge < -0.3 is 25.3 Å². The summed E-state index contributed by atoms with van der Waals surface area (Å²) in [5.41, 5.74) is 23.7. The first-order valence-electron chi connectivity index (χ1n) is 39.9. The van der Waals surface area contributed by atoms with Crippen molar-refractivity contribution in [3.05, 3.63) is 350 Å². The first kappa shape index (κ1) is 93.3. The lowest BCUT2D eigenvalue weighted by Gasteiger charge is -2.15. The highest BCUT2D eigenvalue weighted by molar-refractivity contribution is 14.1. The van der Waals surface area contributed by atoms with Gasteiger partial charge in [-0.3, -0.25) is 20.4 Å². The van der Waals surface area contributed by atoms with E-state index >= 15 is 0 Å². The number of nitrogens with two attached hydrogens (primary N) is 1. The van der Waals surface area contributed by atoms with Gasteiger partial charge in [-0.25, -0.2) is 9.36 Å². The molecule has 24 heteroatoms. The monoisotopic (exact) mass is 2090 g/mol. The number of fused-ring (bicyclic) bond motifs is 6. The van der Waals surface area contributed by atoms with E-state index in [4.69, 9.17) is 30.4 Å². The fraction of sp³-hybridized carbons (Fsp3) is 0.155. The summed E-state index contributed by atoms with van der Waals surface area (Å²) in [6, 6.07) is 90.4. The molecule has 0 saturated carbocycles. The smallest absolute Gasteiger partial charge is 0.424 e. The number of nitrogens with one attached hydrogen (secondary N) is 4. The van der Waals surface area contributed by atoms with Gasteiger partial charge in [-0.2, -0.15) is 30.6 Å². The molecule has 0 saturated heterocycles. The van der Waals surface area contributed by atoms with Crippen LogP contribution in [0, 0.1) is 21.3 Å². The molecular formula is C97H102BI4N13O4Si2. The van der Waals surface area contributed by atoms with Crippen molar-refractivity contribution >= 4 is 239 Å². The number of H-pyrrole nitrogens is 4. The third-order valence-electron chi connectivity index (χ3n) is 18.3. The van der Waals surface area contributed by atoms with E-state index in [1.807, 2.05) is 139 Å². The number of aromatic nitrogens is 12. The predicted octanol–water partition coefficient (Wildman–Crippen LogP) is 25.7. The average molecular weight is 2090 g/mol. The van der Waals surface area contributed by atoms with Gasteiger partial charge in [-0.15, -0.1) is 0 Å². The van der Waals surface area contributed by atoms with Gasteiger partial charge in [-0.05, 0) is 258 Å². The Labute approximate surface area is 765 Å². The van der Waals surface area contributed by atoms with Gasteiger partial charge in [0.15, 0.2) is 0 Å². The van der Waals surface area contributed by atoms with E-state index in [0.717, 1.165) is 117 Å². The van der Waals surface area contributed by atoms with Crippen LogP contribution in [0.3, 0.4) is 0 Å². The molecule has 0 aliphatic heterocycles. The lowest BCUT2D eigenvalue weighted by molar-refractivity contribution is 0.0814. The molecule has 17 nitrogen and oxygen atoms in total. The van der Waals surface area contributed by atoms with Crippen LogP contribution in [0.2, 0.25) is 51.4 Å². The van der Waals surface area contributed by atoms with Gasteiger partial charge in [0.1, 0.15) is 17.2 Å². The maximum absolute atomic E-state index is 8.48. The quantitative estimate of drug-likeness (QED) is 0.0125. The fourth-order valence-electron chi connectivity index (χ4n) is 11.9. The Morgan fingerprint density at radius 1 is 0.405 bits per heavy atom. The van der Waals surface area contributed by atoms with Crippen LogP contribution in [-0.2, 0) is 22.9 Å². The summed E-state index contributed by atoms with van der Waals surface area (Å²) >= 11 is 9.16. The zero-order chi connectivity index (χ0) is 85.9. The molecule has 0 amide bonds. The minimum absolute atomic E-state index is 0.472. The Balaban J connectivity index is 0.000000155. The largest absolute Gasteiger partial charge is 0.480 e. The number of hydrogen-bond acceptors (Lipinski definition) is 11. The van der Waals surface area contributed by atoms with Gasteiger partial charge in [0.05, 0.1) is 62.6 Å². The standard InChI is InChI=1S/C29H32N2OSi.C23H18N2.C14H21IN2OSi.C8H9BO2.C7H4I2N2.C7H5IN2.C7H7N3.C2H6/c1-33(2,3)21-20-32-23-31-29-19-17-26(15-14-24-10-6-4-7-11-24)22-27(29)28(30-31)18-16-25-12-8-5-9-13-25;1-3-7-18(8-4-1)11-12-20-14-16-23-21(17-20)22(24-25-23)15-13-19-9-5-2-6-10-19;1-11-13-9-12(15)5-6-14(13)17(16-11)10-18-7-8-19(2,3)4;10-9(11)7-6-8-4-2-1-3-5-8;8-4-1-2-6-5(3-4)7(9)11-10-6;2*8-6-1-2-7-5(3-6)4-9-10-7;1-2/h4-19,22H,20-21,23H2,1-3H3;1-17H,(H,24,25);5-6,9H,7-8,10H2,1-4H3;1-7,10-11H;1-3H,(H,10,11);1-4H,(H,9,10);1-4H,8H2,(H,9,10);1-2H3/b15-14+,18-16+;12-11+,15-13+;;7-6+;;;;. The third-order valence-corrected chi connectivity index (χ3v) is 24.6. The Kier molecular flexibility index (Phi) is 37.0. The number of nitrogens with zero attached hydrogens (tertiary/aromatic N) is 8. The third kappa shape index (κ3) is 31.1. The molecule has 6 aromatic heterocycles. The molecule has 8 N–H and O–H groups in total. The molecule has 11 aromatic carbocycles. The molecule has 0 aliphatic carbocycles. The topological polar surface area (TPSA) is 235 Å². The molecule has 17 aromatic rings. The average Bonchev–Trinajstić information content (AvgIpc) is 1.65. The van der Waals surface area contributed by atoms with Gasteiger partial charge >= 0.3 is 7.12 Å². The highest BCUT2D eigenvalue weighted by Crippen LogP contribution is 2.28. The van der Waals surface area contributed by atoms with E-state index in [-0.39, 0.29) is 0 Å². The maximum atomic E-state index is 8.48. The molecule has 17 rings (SSSR count). The zero-order valence-corrected chi connectivity index (χ0v) is 80.1. The molecule has 0 radical (unpaired) electrons. The summed E-state index contributed by atoms with van der Waals surface area (Å²) in [6.45, 7) is 22.9. The SMILES string of the molecule is C(=C\c1ccc2n[nH]c(/C=C/c3ccccc3)c2c1)/c1ccccc1.CC.C[Si](C)(C)CCOCn1nc(/C=C/c2ccccc2)c2cc(/C=C/c3ccccc3)ccc21.Cc1nn(COCC[Si](C)(C)C)c2ccc(I)cc12.Ic1ccc2[nH]ncc2c1.Ic1ccc2n[nH]c(I)c2c1.Nc1ccc2[nH]ncc2c1.OB(O)/C=C/c1ccccc1. The summed E-state index contributed by atoms with van der Waals surface area (Å²) in [4.78, 5) is 0. The summed E-state index contributed by atoms with van der Waals surface area (Å²) in [5.74, 6) is 1.31. The highest BCUT2D eigenvalue weighted by Gasteiger charge is 2.16. The second-order valence-corrected chi connectivity index (χ2v) is 46.3. The van der Waals surface area contributed by atoms with Gasteiger partial charge in [0, 0.05) is 78.1 Å². The van der Waals surface area contributed by atoms with Crippen molar-refractivity contribution in [1.29, 1.82) is 0 Å². The van der Waals surface area contributed by atoms with Gasteiger partial charge in [0.25, 0.3) is 0 Å². The van der Waals surface area contributed by atoms with Crippen LogP contribution in [0.5, 0.6) is 0 Å². The van der Waals surface area contributed by atoms with Crippen LogP contribution in [0.1, 0.15) is 69.9 Å². The molecule has 6 heterocycles. The van der Waals surface area contributed by atoms with E-state index in [9.17, 15) is 0 Å². The number of benzene rings is 11. The van der Waals surface area contributed by atoms with Crippen LogP contribution < -0.4 is 5.73 Å². The second-order valence-electron chi connectivity index (χ2n) is 30.2. The van der Waals surface area contributed by atoms with Crippen molar-refractivity contribution < 1.29 is 19.5 Å². The van der Waals surface area contributed by atoms with Crippen molar-refractivity contribution in [1.82, 2.24) is 60.4 Å². The molecular weight excluding hydrogens is 1990 g/mol. The van der Waals surface area contributed by atoms with Crippen molar-refractivity contribution in [3.8, 4) is 0 Å². The van der Waals surface area contributed by atoms with E-state index in [0.29, 0.717) is 13.5 Å². The number of hydrogen-bond donors (Lipinski definition) is 7. The first-order valence-corrected chi connectivity index (χ1v) is 51.6.